The van der Waals surface area contributed by atoms with Crippen molar-refractivity contribution in [2.24, 2.45) is 5.73 Å². The highest BCUT2D eigenvalue weighted by molar-refractivity contribution is 5.83. The van der Waals surface area contributed by atoms with Crippen LogP contribution in [0, 0.1) is 34.6 Å². The van der Waals surface area contributed by atoms with Crippen LogP contribution in [0.15, 0.2) is 24.3 Å². The number of nitrogens with zero attached hydrogens (tertiary/aromatic N) is 2. The van der Waals surface area contributed by atoms with Crippen molar-refractivity contribution < 1.29 is 0 Å². The molecule has 1 atom stereocenters. The molecule has 3 heteroatoms. The number of aromatic nitrogens is 2. The predicted molar refractivity (Wildman–Crippen MR) is 111 cm³/mol. The molecule has 0 aliphatic carbocycles. The summed E-state index contributed by atoms with van der Waals surface area (Å²) >= 11 is 0. The second-order valence-electron chi connectivity index (χ2n) is 7.64. The standard InChI is InChI=1S/C23H31N3/c1-7-19(8-9-24)21-12-17(5)25-23-20(13-18(6)26(21)23)22-15(3)10-14(2)11-16(22)4/h10-13,19H,7-9,24H2,1-6H3. The van der Waals surface area contributed by atoms with Gasteiger partial charge in [-0.2, -0.15) is 0 Å². The van der Waals surface area contributed by atoms with Gasteiger partial charge in [-0.15, -0.1) is 0 Å². The highest BCUT2D eigenvalue weighted by Crippen LogP contribution is 2.35. The Bertz CT molecular complexity index is 927. The van der Waals surface area contributed by atoms with Gasteiger partial charge < -0.3 is 10.1 Å². The number of aryl methyl sites for hydroxylation is 5. The Hall–Kier alpha value is -2.13. The van der Waals surface area contributed by atoms with E-state index in [1.165, 1.54) is 39.2 Å². The third-order valence-corrected chi connectivity index (χ3v) is 5.43. The van der Waals surface area contributed by atoms with Crippen LogP contribution in [0.4, 0.5) is 0 Å². The molecule has 26 heavy (non-hydrogen) atoms. The lowest BCUT2D eigenvalue weighted by Crippen LogP contribution is -2.12. The molecule has 1 unspecified atom stereocenters. The van der Waals surface area contributed by atoms with Crippen LogP contribution < -0.4 is 5.73 Å². The molecule has 0 amide bonds. The molecule has 2 N–H and O–H groups in total. The van der Waals surface area contributed by atoms with E-state index in [9.17, 15) is 0 Å². The van der Waals surface area contributed by atoms with Crippen molar-refractivity contribution in [3.8, 4) is 11.1 Å². The topological polar surface area (TPSA) is 43.3 Å². The van der Waals surface area contributed by atoms with Crippen LogP contribution in [-0.2, 0) is 0 Å². The maximum atomic E-state index is 5.89. The maximum absolute atomic E-state index is 5.89. The molecule has 3 nitrogen and oxygen atoms in total. The Kier molecular flexibility index (Phi) is 5.19. The Morgan fingerprint density at radius 1 is 1.00 bits per heavy atom. The average Bonchev–Trinajstić information content (AvgIpc) is 2.87. The fraction of sp³-hybridized carbons (Fsp3) is 0.435. The van der Waals surface area contributed by atoms with Crippen molar-refractivity contribution in [3.05, 3.63) is 58.0 Å². The fourth-order valence-corrected chi connectivity index (χ4v) is 4.39. The van der Waals surface area contributed by atoms with Crippen LogP contribution in [-0.4, -0.2) is 15.9 Å². The minimum Gasteiger partial charge on any atom is -0.330 e. The molecule has 3 rings (SSSR count). The highest BCUT2D eigenvalue weighted by Gasteiger charge is 2.20. The van der Waals surface area contributed by atoms with E-state index in [4.69, 9.17) is 10.7 Å². The summed E-state index contributed by atoms with van der Waals surface area (Å²) in [6.07, 6.45) is 2.09. The summed E-state index contributed by atoms with van der Waals surface area (Å²) in [5.74, 6) is 0.461. The molecule has 0 spiro atoms. The SMILES string of the molecule is CCC(CCN)c1cc(C)nc2c(-c3c(C)cc(C)cc3C)cc(C)n12. The minimum absolute atomic E-state index is 0.461. The van der Waals surface area contributed by atoms with Gasteiger partial charge in [0.15, 0.2) is 0 Å². The summed E-state index contributed by atoms with van der Waals surface area (Å²) < 4.78 is 2.35. The van der Waals surface area contributed by atoms with Crippen molar-refractivity contribution in [1.82, 2.24) is 9.38 Å². The van der Waals surface area contributed by atoms with Gasteiger partial charge in [0.25, 0.3) is 0 Å². The van der Waals surface area contributed by atoms with Gasteiger partial charge >= 0.3 is 0 Å². The number of nitrogens with two attached hydrogens (primary N) is 1. The van der Waals surface area contributed by atoms with E-state index >= 15 is 0 Å². The van der Waals surface area contributed by atoms with Crippen molar-refractivity contribution in [3.63, 3.8) is 0 Å². The smallest absolute Gasteiger partial charge is 0.145 e. The summed E-state index contributed by atoms with van der Waals surface area (Å²) in [6.45, 7) is 13.8. The zero-order valence-electron chi connectivity index (χ0n) is 17.0. The van der Waals surface area contributed by atoms with E-state index in [-0.39, 0.29) is 0 Å². The largest absolute Gasteiger partial charge is 0.330 e. The molecule has 0 radical (unpaired) electrons. The van der Waals surface area contributed by atoms with Crippen LogP contribution in [0.3, 0.4) is 0 Å². The molecule has 1 aromatic carbocycles. The van der Waals surface area contributed by atoms with Crippen molar-refractivity contribution >= 4 is 5.65 Å². The number of fused-ring (bicyclic) bond motifs is 1. The van der Waals surface area contributed by atoms with Crippen molar-refractivity contribution in [2.75, 3.05) is 6.54 Å². The summed E-state index contributed by atoms with van der Waals surface area (Å²) in [7, 11) is 0. The molecule has 138 valence electrons. The maximum Gasteiger partial charge on any atom is 0.145 e. The quantitative estimate of drug-likeness (QED) is 0.671. The molecule has 2 aromatic heterocycles. The third kappa shape index (κ3) is 3.16. The first kappa shape index (κ1) is 18.7. The van der Waals surface area contributed by atoms with Gasteiger partial charge in [-0.25, -0.2) is 4.98 Å². The first-order valence-corrected chi connectivity index (χ1v) is 9.65. The van der Waals surface area contributed by atoms with Gasteiger partial charge in [0.05, 0.1) is 0 Å². The molecular formula is C23H31N3. The minimum atomic E-state index is 0.461. The highest BCUT2D eigenvalue weighted by atomic mass is 15.0. The summed E-state index contributed by atoms with van der Waals surface area (Å²) in [4.78, 5) is 4.95. The van der Waals surface area contributed by atoms with Gasteiger partial charge in [0.2, 0.25) is 0 Å². The van der Waals surface area contributed by atoms with Crippen LogP contribution >= 0.6 is 0 Å². The Morgan fingerprint density at radius 3 is 2.23 bits per heavy atom. The van der Waals surface area contributed by atoms with Crippen LogP contribution in [0.25, 0.3) is 16.8 Å². The summed E-state index contributed by atoms with van der Waals surface area (Å²) in [6, 6.07) is 9.07. The predicted octanol–water partition coefficient (Wildman–Crippen LogP) is 5.39. The normalized spacial score (nSPS) is 12.7. The van der Waals surface area contributed by atoms with E-state index in [2.05, 4.69) is 70.2 Å². The van der Waals surface area contributed by atoms with Crippen LogP contribution in [0.5, 0.6) is 0 Å². The van der Waals surface area contributed by atoms with Gasteiger partial charge in [-0.1, -0.05) is 24.6 Å². The van der Waals surface area contributed by atoms with Gasteiger partial charge in [0.1, 0.15) is 5.65 Å². The Morgan fingerprint density at radius 2 is 1.65 bits per heavy atom. The fourth-order valence-electron chi connectivity index (χ4n) is 4.39. The second kappa shape index (κ2) is 7.24. The second-order valence-corrected chi connectivity index (χ2v) is 7.64. The molecule has 0 saturated carbocycles. The summed E-state index contributed by atoms with van der Waals surface area (Å²) in [5.41, 5.74) is 17.1. The van der Waals surface area contributed by atoms with E-state index < -0.39 is 0 Å². The number of hydrogen-bond acceptors (Lipinski definition) is 2. The number of hydrogen-bond donors (Lipinski definition) is 1. The van der Waals surface area contributed by atoms with E-state index in [0.717, 1.165) is 24.2 Å². The zero-order chi connectivity index (χ0) is 19.0. The van der Waals surface area contributed by atoms with Crippen molar-refractivity contribution in [2.45, 2.75) is 60.3 Å². The van der Waals surface area contributed by atoms with Gasteiger partial charge in [-0.3, -0.25) is 0 Å². The van der Waals surface area contributed by atoms with E-state index in [1.54, 1.807) is 0 Å². The lowest BCUT2D eigenvalue weighted by molar-refractivity contribution is 0.588. The molecule has 0 aliphatic heterocycles. The zero-order valence-corrected chi connectivity index (χ0v) is 17.0. The van der Waals surface area contributed by atoms with Crippen molar-refractivity contribution in [1.29, 1.82) is 0 Å². The van der Waals surface area contributed by atoms with Crippen LogP contribution in [0.1, 0.15) is 59.5 Å². The molecule has 2 heterocycles. The lowest BCUT2D eigenvalue weighted by Gasteiger charge is -2.19. The molecular weight excluding hydrogens is 318 g/mol. The van der Waals surface area contributed by atoms with Crippen LogP contribution in [0.2, 0.25) is 0 Å². The Balaban J connectivity index is 2.33. The lowest BCUT2D eigenvalue weighted by atomic mass is 9.95. The first-order valence-electron chi connectivity index (χ1n) is 9.65. The summed E-state index contributed by atoms with van der Waals surface area (Å²) in [5, 5.41) is 0. The number of rotatable bonds is 5. The molecule has 0 bridgehead atoms. The Labute approximate surface area is 157 Å². The van der Waals surface area contributed by atoms with E-state index in [1.807, 2.05) is 0 Å². The molecule has 0 fully saturated rings. The van der Waals surface area contributed by atoms with E-state index in [0.29, 0.717) is 12.5 Å². The number of benzene rings is 1. The third-order valence-electron chi connectivity index (χ3n) is 5.43. The first-order chi connectivity index (χ1) is 12.4. The average molecular weight is 350 g/mol. The molecule has 3 aromatic rings. The monoisotopic (exact) mass is 349 g/mol. The van der Waals surface area contributed by atoms with Gasteiger partial charge in [-0.05, 0) is 82.8 Å². The van der Waals surface area contributed by atoms with Gasteiger partial charge in [0, 0.05) is 28.6 Å². The molecule has 0 aliphatic rings. The molecule has 0 saturated heterocycles.